The summed E-state index contributed by atoms with van der Waals surface area (Å²) in [6.07, 6.45) is 1.93. The Balaban J connectivity index is 1.36. The number of rotatable bonds is 10. The Morgan fingerprint density at radius 3 is 2.50 bits per heavy atom. The van der Waals surface area contributed by atoms with E-state index < -0.39 is 0 Å². The summed E-state index contributed by atoms with van der Waals surface area (Å²) in [6.45, 7) is -0.128. The van der Waals surface area contributed by atoms with E-state index >= 15 is 0 Å². The second kappa shape index (κ2) is 12.5. The Hall–Kier alpha value is -3.29. The van der Waals surface area contributed by atoms with Gasteiger partial charge in [-0.3, -0.25) is 9.59 Å². The number of amides is 2. The quantitative estimate of drug-likeness (QED) is 0.250. The molecule has 2 amide bonds. The van der Waals surface area contributed by atoms with Crippen LogP contribution in [0.15, 0.2) is 88.9 Å². The Morgan fingerprint density at radius 1 is 0.969 bits per heavy atom. The van der Waals surface area contributed by atoms with Crippen molar-refractivity contribution in [1.82, 2.24) is 5.43 Å². The minimum absolute atomic E-state index is 0.128. The SMILES string of the molecule is O=C(CCSc1ccccc1)N/N=C\c1ccc(OCC(=O)Nc2cccc(Cl)c2)cc1. The van der Waals surface area contributed by atoms with Crippen LogP contribution in [0.1, 0.15) is 12.0 Å². The molecule has 0 saturated heterocycles. The minimum atomic E-state index is -0.286. The summed E-state index contributed by atoms with van der Waals surface area (Å²) in [6, 6.07) is 23.9. The van der Waals surface area contributed by atoms with Crippen LogP contribution in [0, 0.1) is 0 Å². The molecule has 0 atom stereocenters. The number of hydrogen-bond donors (Lipinski definition) is 2. The van der Waals surface area contributed by atoms with Gasteiger partial charge in [-0.15, -0.1) is 11.8 Å². The first-order valence-electron chi connectivity index (χ1n) is 9.86. The summed E-state index contributed by atoms with van der Waals surface area (Å²) in [4.78, 5) is 25.0. The fourth-order valence-corrected chi connectivity index (χ4v) is 3.64. The van der Waals surface area contributed by atoms with Crippen molar-refractivity contribution in [2.45, 2.75) is 11.3 Å². The normalized spacial score (nSPS) is 10.7. The molecule has 0 heterocycles. The smallest absolute Gasteiger partial charge is 0.262 e. The van der Waals surface area contributed by atoms with Crippen molar-refractivity contribution in [2.24, 2.45) is 5.10 Å². The van der Waals surface area contributed by atoms with E-state index in [0.717, 1.165) is 10.5 Å². The molecule has 0 spiro atoms. The number of anilines is 1. The van der Waals surface area contributed by atoms with Crippen molar-refractivity contribution in [3.05, 3.63) is 89.4 Å². The van der Waals surface area contributed by atoms with E-state index in [0.29, 0.717) is 28.6 Å². The van der Waals surface area contributed by atoms with Gasteiger partial charge in [0.2, 0.25) is 5.91 Å². The highest BCUT2D eigenvalue weighted by Crippen LogP contribution is 2.18. The van der Waals surface area contributed by atoms with Gasteiger partial charge in [0.15, 0.2) is 6.61 Å². The van der Waals surface area contributed by atoms with Gasteiger partial charge in [0.1, 0.15) is 5.75 Å². The van der Waals surface area contributed by atoms with Crippen molar-refractivity contribution in [3.63, 3.8) is 0 Å². The standard InChI is InChI=1S/C24H22ClN3O3S/c25-19-5-4-6-20(15-19)27-24(30)17-31-21-11-9-18(10-12-21)16-26-28-23(29)13-14-32-22-7-2-1-3-8-22/h1-12,15-16H,13-14,17H2,(H,27,30)(H,28,29)/b26-16-. The zero-order valence-corrected chi connectivity index (χ0v) is 18.7. The van der Waals surface area contributed by atoms with Gasteiger partial charge >= 0.3 is 0 Å². The molecule has 164 valence electrons. The second-order valence-electron chi connectivity index (χ2n) is 6.62. The molecule has 3 rings (SSSR count). The lowest BCUT2D eigenvalue weighted by molar-refractivity contribution is -0.120. The number of nitrogens with one attached hydrogen (secondary N) is 2. The van der Waals surface area contributed by atoms with Crippen molar-refractivity contribution in [2.75, 3.05) is 17.7 Å². The Labute approximate surface area is 196 Å². The number of halogens is 1. The Bertz CT molecular complexity index is 1060. The van der Waals surface area contributed by atoms with Crippen LogP contribution in [0.4, 0.5) is 5.69 Å². The maximum atomic E-state index is 12.0. The van der Waals surface area contributed by atoms with Crippen LogP contribution in [-0.2, 0) is 9.59 Å². The van der Waals surface area contributed by atoms with E-state index in [9.17, 15) is 9.59 Å². The number of benzene rings is 3. The maximum Gasteiger partial charge on any atom is 0.262 e. The molecule has 0 saturated carbocycles. The summed E-state index contributed by atoms with van der Waals surface area (Å²) in [7, 11) is 0. The van der Waals surface area contributed by atoms with E-state index in [1.807, 2.05) is 30.3 Å². The first-order valence-corrected chi connectivity index (χ1v) is 11.2. The van der Waals surface area contributed by atoms with Crippen molar-refractivity contribution < 1.29 is 14.3 Å². The molecule has 0 fully saturated rings. The van der Waals surface area contributed by atoms with Crippen LogP contribution in [0.5, 0.6) is 5.75 Å². The van der Waals surface area contributed by atoms with Gasteiger partial charge in [0.05, 0.1) is 6.21 Å². The Morgan fingerprint density at radius 2 is 1.75 bits per heavy atom. The third kappa shape index (κ3) is 8.45. The molecule has 0 aliphatic rings. The van der Waals surface area contributed by atoms with Gasteiger partial charge in [-0.2, -0.15) is 5.10 Å². The van der Waals surface area contributed by atoms with E-state index in [2.05, 4.69) is 15.8 Å². The lowest BCUT2D eigenvalue weighted by Crippen LogP contribution is -2.20. The number of carbonyl (C=O) groups is 2. The van der Waals surface area contributed by atoms with Crippen LogP contribution < -0.4 is 15.5 Å². The largest absolute Gasteiger partial charge is 0.484 e. The second-order valence-corrected chi connectivity index (χ2v) is 8.23. The number of thioether (sulfide) groups is 1. The van der Waals surface area contributed by atoms with E-state index in [4.69, 9.17) is 16.3 Å². The van der Waals surface area contributed by atoms with Crippen LogP contribution in [0.25, 0.3) is 0 Å². The number of carbonyl (C=O) groups excluding carboxylic acids is 2. The Kier molecular flexibility index (Phi) is 9.16. The maximum absolute atomic E-state index is 12.0. The van der Waals surface area contributed by atoms with Crippen LogP contribution in [-0.4, -0.2) is 30.4 Å². The van der Waals surface area contributed by atoms with Crippen LogP contribution in [0.2, 0.25) is 5.02 Å². The van der Waals surface area contributed by atoms with Gasteiger partial charge in [-0.05, 0) is 60.2 Å². The monoisotopic (exact) mass is 467 g/mol. The third-order valence-corrected chi connectivity index (χ3v) is 5.35. The average Bonchev–Trinajstić information content (AvgIpc) is 2.79. The molecule has 32 heavy (non-hydrogen) atoms. The average molecular weight is 468 g/mol. The molecule has 0 bridgehead atoms. The van der Waals surface area contributed by atoms with Crippen LogP contribution >= 0.6 is 23.4 Å². The molecule has 3 aromatic carbocycles. The zero-order chi connectivity index (χ0) is 22.6. The summed E-state index contributed by atoms with van der Waals surface area (Å²) in [5.74, 6) is 0.800. The molecule has 6 nitrogen and oxygen atoms in total. The summed E-state index contributed by atoms with van der Waals surface area (Å²) in [5, 5.41) is 7.24. The lowest BCUT2D eigenvalue weighted by Gasteiger charge is -2.08. The summed E-state index contributed by atoms with van der Waals surface area (Å²) >= 11 is 7.52. The molecular formula is C24H22ClN3O3S. The lowest BCUT2D eigenvalue weighted by atomic mass is 10.2. The highest BCUT2D eigenvalue weighted by molar-refractivity contribution is 7.99. The molecule has 0 aliphatic carbocycles. The van der Waals surface area contributed by atoms with Gasteiger partial charge in [-0.25, -0.2) is 5.43 Å². The molecule has 0 aliphatic heterocycles. The van der Waals surface area contributed by atoms with Gasteiger partial charge in [0.25, 0.3) is 5.91 Å². The number of hydrogen-bond acceptors (Lipinski definition) is 5. The number of nitrogens with zero attached hydrogens (tertiary/aromatic N) is 1. The van der Waals surface area contributed by atoms with Crippen molar-refractivity contribution in [1.29, 1.82) is 0 Å². The van der Waals surface area contributed by atoms with Crippen LogP contribution in [0.3, 0.4) is 0 Å². The van der Waals surface area contributed by atoms with Gasteiger partial charge < -0.3 is 10.1 Å². The highest BCUT2D eigenvalue weighted by atomic mass is 35.5. The van der Waals surface area contributed by atoms with Gasteiger partial charge in [0, 0.05) is 27.8 Å². The summed E-state index contributed by atoms with van der Waals surface area (Å²) in [5.41, 5.74) is 3.92. The topological polar surface area (TPSA) is 79.8 Å². The first-order chi connectivity index (χ1) is 15.6. The summed E-state index contributed by atoms with van der Waals surface area (Å²) < 4.78 is 5.49. The van der Waals surface area contributed by atoms with Gasteiger partial charge in [-0.1, -0.05) is 35.9 Å². The zero-order valence-electron chi connectivity index (χ0n) is 17.2. The fourth-order valence-electron chi connectivity index (χ4n) is 2.58. The molecule has 0 aromatic heterocycles. The fraction of sp³-hybridized carbons (Fsp3) is 0.125. The first kappa shape index (κ1) is 23.4. The molecule has 2 N–H and O–H groups in total. The predicted octanol–water partition coefficient (Wildman–Crippen LogP) is 4.99. The molecule has 8 heteroatoms. The molecule has 3 aromatic rings. The molecular weight excluding hydrogens is 446 g/mol. The highest BCUT2D eigenvalue weighted by Gasteiger charge is 2.04. The minimum Gasteiger partial charge on any atom is -0.484 e. The molecule has 0 radical (unpaired) electrons. The van der Waals surface area contributed by atoms with E-state index in [1.165, 1.54) is 0 Å². The molecule has 0 unspecified atom stereocenters. The number of hydrazone groups is 1. The third-order valence-electron chi connectivity index (χ3n) is 4.10. The van der Waals surface area contributed by atoms with Crippen molar-refractivity contribution >= 4 is 47.1 Å². The van der Waals surface area contributed by atoms with E-state index in [1.54, 1.807) is 66.5 Å². The van der Waals surface area contributed by atoms with Crippen molar-refractivity contribution in [3.8, 4) is 5.75 Å². The van der Waals surface area contributed by atoms with E-state index in [-0.39, 0.29) is 18.4 Å². The number of ether oxygens (including phenoxy) is 1. The predicted molar refractivity (Wildman–Crippen MR) is 130 cm³/mol.